The first-order valence-corrected chi connectivity index (χ1v) is 6.97. The Bertz CT molecular complexity index is 671. The maximum Gasteiger partial charge on any atom is 0.121 e. The highest BCUT2D eigenvalue weighted by atomic mass is 35.5. The molecular formula is C16H18Cl3N3. The Morgan fingerprint density at radius 1 is 1.09 bits per heavy atom. The van der Waals surface area contributed by atoms with E-state index in [0.717, 1.165) is 18.0 Å². The summed E-state index contributed by atoms with van der Waals surface area (Å²) in [6.45, 7) is 0. The number of rotatable bonds is 1. The summed E-state index contributed by atoms with van der Waals surface area (Å²) in [6, 6.07) is 12.0. The topological polar surface area (TPSA) is 28.5 Å². The lowest BCUT2D eigenvalue weighted by atomic mass is 9.93. The number of halogens is 3. The van der Waals surface area contributed by atoms with E-state index in [1.165, 1.54) is 11.1 Å². The number of aromatic nitrogens is 1. The molecule has 1 aromatic heterocycles. The molecule has 2 heterocycles. The van der Waals surface area contributed by atoms with Crippen LogP contribution in [0.3, 0.4) is 0 Å². The van der Waals surface area contributed by atoms with Gasteiger partial charge in [0.2, 0.25) is 0 Å². The van der Waals surface area contributed by atoms with Crippen LogP contribution in [0.1, 0.15) is 22.9 Å². The predicted molar refractivity (Wildman–Crippen MR) is 96.9 cm³/mol. The average Bonchev–Trinajstić information content (AvgIpc) is 2.46. The standard InChI is InChI=1S/C16H16ClN3.2ClH/c1-20(2)14-10-11-6-3-4-7-12(11)15(19-14)16-13(17)8-5-9-18-16;;/h3-9,15H,10H2,1-2H3;2*1H. The first-order chi connectivity index (χ1) is 9.66. The fourth-order valence-corrected chi connectivity index (χ4v) is 2.70. The maximum absolute atomic E-state index is 6.31. The number of pyridine rings is 1. The zero-order valence-corrected chi connectivity index (χ0v) is 14.8. The molecule has 22 heavy (non-hydrogen) atoms. The summed E-state index contributed by atoms with van der Waals surface area (Å²) in [7, 11) is 4.04. The van der Waals surface area contributed by atoms with Crippen molar-refractivity contribution in [1.29, 1.82) is 0 Å². The molecule has 0 bridgehead atoms. The zero-order valence-electron chi connectivity index (χ0n) is 12.4. The highest BCUT2D eigenvalue weighted by Gasteiger charge is 2.25. The van der Waals surface area contributed by atoms with Crippen LogP contribution in [0, 0.1) is 0 Å². The van der Waals surface area contributed by atoms with Gasteiger partial charge in [-0.1, -0.05) is 35.9 Å². The third kappa shape index (κ3) is 3.54. The van der Waals surface area contributed by atoms with Crippen molar-refractivity contribution in [1.82, 2.24) is 9.88 Å². The molecule has 3 nitrogen and oxygen atoms in total. The van der Waals surface area contributed by atoms with Crippen molar-refractivity contribution >= 4 is 42.3 Å². The number of benzene rings is 1. The molecule has 1 unspecified atom stereocenters. The van der Waals surface area contributed by atoms with Crippen LogP contribution < -0.4 is 0 Å². The molecule has 0 spiro atoms. The lowest BCUT2D eigenvalue weighted by molar-refractivity contribution is 0.590. The van der Waals surface area contributed by atoms with E-state index < -0.39 is 0 Å². The number of amidine groups is 1. The van der Waals surface area contributed by atoms with E-state index in [1.807, 2.05) is 32.3 Å². The summed E-state index contributed by atoms with van der Waals surface area (Å²) >= 11 is 6.31. The van der Waals surface area contributed by atoms with Gasteiger partial charge in [-0.15, -0.1) is 24.8 Å². The second-order valence-corrected chi connectivity index (χ2v) is 5.50. The quantitative estimate of drug-likeness (QED) is 0.765. The molecule has 0 radical (unpaired) electrons. The fourth-order valence-electron chi connectivity index (χ4n) is 2.48. The second kappa shape index (κ2) is 7.82. The number of fused-ring (bicyclic) bond motifs is 1. The maximum atomic E-state index is 6.31. The van der Waals surface area contributed by atoms with Crippen molar-refractivity contribution in [2.75, 3.05) is 14.1 Å². The summed E-state index contributed by atoms with van der Waals surface area (Å²) < 4.78 is 0. The molecule has 0 N–H and O–H groups in total. The van der Waals surface area contributed by atoms with Crippen molar-refractivity contribution in [2.45, 2.75) is 12.5 Å². The highest BCUT2D eigenvalue weighted by molar-refractivity contribution is 6.31. The van der Waals surface area contributed by atoms with Gasteiger partial charge in [-0.3, -0.25) is 9.98 Å². The smallest absolute Gasteiger partial charge is 0.121 e. The molecule has 2 aromatic rings. The summed E-state index contributed by atoms with van der Waals surface area (Å²) in [5, 5.41) is 0.663. The molecule has 6 heteroatoms. The van der Waals surface area contributed by atoms with Crippen molar-refractivity contribution < 1.29 is 0 Å². The third-order valence-corrected chi connectivity index (χ3v) is 3.86. The van der Waals surface area contributed by atoms with Crippen LogP contribution in [0.5, 0.6) is 0 Å². The van der Waals surface area contributed by atoms with Crippen LogP contribution >= 0.6 is 36.4 Å². The highest BCUT2D eigenvalue weighted by Crippen LogP contribution is 2.35. The van der Waals surface area contributed by atoms with Crippen LogP contribution in [0.4, 0.5) is 0 Å². The van der Waals surface area contributed by atoms with E-state index in [9.17, 15) is 0 Å². The van der Waals surface area contributed by atoms with E-state index in [1.54, 1.807) is 6.20 Å². The Morgan fingerprint density at radius 3 is 2.50 bits per heavy atom. The molecule has 1 aromatic carbocycles. The van der Waals surface area contributed by atoms with E-state index in [4.69, 9.17) is 16.6 Å². The summed E-state index contributed by atoms with van der Waals surface area (Å²) in [6.07, 6.45) is 2.62. The SMILES string of the molecule is CN(C)C1=NC(c2ncccc2Cl)c2ccccc2C1.Cl.Cl. The summed E-state index contributed by atoms with van der Waals surface area (Å²) in [5.74, 6) is 1.05. The number of nitrogens with zero attached hydrogens (tertiary/aromatic N) is 3. The summed E-state index contributed by atoms with van der Waals surface area (Å²) in [5.41, 5.74) is 3.30. The number of aliphatic imine (C=N–C) groups is 1. The minimum Gasteiger partial charge on any atom is -0.366 e. The molecule has 0 amide bonds. The second-order valence-electron chi connectivity index (χ2n) is 5.09. The van der Waals surface area contributed by atoms with Crippen LogP contribution in [-0.4, -0.2) is 29.8 Å². The van der Waals surface area contributed by atoms with Crippen molar-refractivity contribution in [2.24, 2.45) is 4.99 Å². The van der Waals surface area contributed by atoms with Gasteiger partial charge >= 0.3 is 0 Å². The Kier molecular flexibility index (Phi) is 6.66. The predicted octanol–water partition coefficient (Wildman–Crippen LogP) is 4.18. The first kappa shape index (κ1) is 18.8. The lowest BCUT2D eigenvalue weighted by Crippen LogP contribution is -2.29. The Morgan fingerprint density at radius 2 is 1.82 bits per heavy atom. The van der Waals surface area contributed by atoms with Gasteiger partial charge in [0.15, 0.2) is 0 Å². The Hall–Kier alpha value is -1.29. The molecule has 1 aliphatic rings. The van der Waals surface area contributed by atoms with Gasteiger partial charge in [0.1, 0.15) is 11.9 Å². The monoisotopic (exact) mass is 357 g/mol. The molecular weight excluding hydrogens is 341 g/mol. The number of likely N-dealkylation sites (N-methyl/N-ethyl adjacent to an activating group) is 1. The third-order valence-electron chi connectivity index (χ3n) is 3.54. The van der Waals surface area contributed by atoms with Crippen molar-refractivity contribution in [3.05, 3.63) is 64.4 Å². The van der Waals surface area contributed by atoms with Gasteiger partial charge in [0.05, 0.1) is 10.7 Å². The minimum atomic E-state index is -0.119. The van der Waals surface area contributed by atoms with Crippen molar-refractivity contribution in [3.63, 3.8) is 0 Å². The fraction of sp³-hybridized carbons (Fsp3) is 0.250. The van der Waals surface area contributed by atoms with Gasteiger partial charge in [-0.2, -0.15) is 0 Å². The number of hydrogen-bond acceptors (Lipinski definition) is 3. The van der Waals surface area contributed by atoms with E-state index in [0.29, 0.717) is 5.02 Å². The molecule has 118 valence electrons. The van der Waals surface area contributed by atoms with Crippen LogP contribution in [0.25, 0.3) is 0 Å². The zero-order chi connectivity index (χ0) is 14.1. The van der Waals surface area contributed by atoms with Gasteiger partial charge in [0, 0.05) is 26.7 Å². The molecule has 0 saturated carbocycles. The largest absolute Gasteiger partial charge is 0.366 e. The summed E-state index contributed by atoms with van der Waals surface area (Å²) in [4.78, 5) is 11.3. The van der Waals surface area contributed by atoms with Crippen LogP contribution in [-0.2, 0) is 6.42 Å². The molecule has 1 aliphatic heterocycles. The van der Waals surface area contributed by atoms with E-state index >= 15 is 0 Å². The minimum absolute atomic E-state index is 0. The van der Waals surface area contributed by atoms with Crippen LogP contribution in [0.15, 0.2) is 47.6 Å². The van der Waals surface area contributed by atoms with Crippen molar-refractivity contribution in [3.8, 4) is 0 Å². The van der Waals surface area contributed by atoms with E-state index in [2.05, 4.69) is 28.1 Å². The molecule has 1 atom stereocenters. The number of hydrogen-bond donors (Lipinski definition) is 0. The first-order valence-electron chi connectivity index (χ1n) is 6.59. The van der Waals surface area contributed by atoms with Crippen LogP contribution in [0.2, 0.25) is 5.02 Å². The normalized spacial score (nSPS) is 15.8. The van der Waals surface area contributed by atoms with Gasteiger partial charge in [-0.05, 0) is 23.3 Å². The van der Waals surface area contributed by atoms with Gasteiger partial charge < -0.3 is 4.90 Å². The molecule has 3 rings (SSSR count). The molecule has 0 aliphatic carbocycles. The Balaban J connectivity index is 0.00000121. The Labute approximate surface area is 148 Å². The lowest BCUT2D eigenvalue weighted by Gasteiger charge is -2.27. The van der Waals surface area contributed by atoms with Gasteiger partial charge in [0.25, 0.3) is 0 Å². The van der Waals surface area contributed by atoms with Gasteiger partial charge in [-0.25, -0.2) is 0 Å². The molecule has 0 saturated heterocycles. The molecule has 0 fully saturated rings. The average molecular weight is 359 g/mol. The van der Waals surface area contributed by atoms with E-state index in [-0.39, 0.29) is 30.9 Å².